The molecule has 1 heterocycles. The van der Waals surface area contributed by atoms with Crippen molar-refractivity contribution in [3.8, 4) is 5.88 Å². The van der Waals surface area contributed by atoms with Gasteiger partial charge in [-0.3, -0.25) is 0 Å². The Morgan fingerprint density at radius 3 is 2.85 bits per heavy atom. The fraction of sp³-hybridized carbons (Fsp3) is 0.100. The lowest BCUT2D eigenvalue weighted by molar-refractivity contribution is 0.396. The smallest absolute Gasteiger partial charge is 0.227 e. The van der Waals surface area contributed by atoms with Gasteiger partial charge in [0.05, 0.1) is 16.2 Å². The maximum absolute atomic E-state index is 5.13. The molecule has 0 N–H and O–H groups in total. The number of pyridine rings is 1. The highest BCUT2D eigenvalue weighted by molar-refractivity contribution is 14.1. The number of para-hydroxylation sites is 1. The quantitative estimate of drug-likeness (QED) is 0.752. The van der Waals surface area contributed by atoms with E-state index in [0.29, 0.717) is 5.88 Å². The Labute approximate surface area is 90.1 Å². The summed E-state index contributed by atoms with van der Waals surface area (Å²) in [6.07, 6.45) is 0. The van der Waals surface area contributed by atoms with Crippen molar-refractivity contribution < 1.29 is 4.74 Å². The fourth-order valence-electron chi connectivity index (χ4n) is 1.22. The van der Waals surface area contributed by atoms with Gasteiger partial charge in [0.1, 0.15) is 0 Å². The highest BCUT2D eigenvalue weighted by atomic mass is 127. The van der Waals surface area contributed by atoms with Gasteiger partial charge in [-0.25, -0.2) is 4.98 Å². The van der Waals surface area contributed by atoms with Crippen LogP contribution in [0.2, 0.25) is 0 Å². The van der Waals surface area contributed by atoms with E-state index in [1.54, 1.807) is 7.11 Å². The molecule has 0 saturated carbocycles. The first-order valence-corrected chi connectivity index (χ1v) is 4.98. The number of aromatic nitrogens is 1. The van der Waals surface area contributed by atoms with Crippen molar-refractivity contribution in [2.45, 2.75) is 0 Å². The summed E-state index contributed by atoms with van der Waals surface area (Å²) in [6, 6.07) is 10.1. The molecule has 0 saturated heterocycles. The molecule has 0 unspecified atom stereocenters. The molecular weight excluding hydrogens is 277 g/mol. The van der Waals surface area contributed by atoms with E-state index in [1.807, 2.05) is 24.3 Å². The third-order valence-electron chi connectivity index (χ3n) is 1.84. The van der Waals surface area contributed by atoms with Crippen LogP contribution in [0.25, 0.3) is 10.9 Å². The maximum Gasteiger partial charge on any atom is 0.227 e. The zero-order valence-corrected chi connectivity index (χ0v) is 9.28. The Morgan fingerprint density at radius 1 is 1.31 bits per heavy atom. The van der Waals surface area contributed by atoms with E-state index in [9.17, 15) is 0 Å². The van der Waals surface area contributed by atoms with Crippen molar-refractivity contribution in [2.24, 2.45) is 0 Å². The van der Waals surface area contributed by atoms with Gasteiger partial charge in [0.25, 0.3) is 0 Å². The lowest BCUT2D eigenvalue weighted by Crippen LogP contribution is -1.91. The van der Waals surface area contributed by atoms with Crippen LogP contribution in [0.5, 0.6) is 5.88 Å². The predicted octanol–water partition coefficient (Wildman–Crippen LogP) is 2.85. The molecule has 0 aliphatic carbocycles. The molecule has 3 heteroatoms. The standard InChI is InChI=1S/C10H8INO/c1-13-10-8(11)6-7-4-2-3-5-9(7)12-10/h2-6H,1H3. The zero-order chi connectivity index (χ0) is 9.26. The van der Waals surface area contributed by atoms with E-state index < -0.39 is 0 Å². The van der Waals surface area contributed by atoms with E-state index in [0.717, 1.165) is 14.5 Å². The molecule has 0 radical (unpaired) electrons. The van der Waals surface area contributed by atoms with E-state index in [2.05, 4.69) is 33.6 Å². The van der Waals surface area contributed by atoms with Gasteiger partial charge < -0.3 is 4.74 Å². The van der Waals surface area contributed by atoms with Crippen molar-refractivity contribution in [1.29, 1.82) is 0 Å². The monoisotopic (exact) mass is 285 g/mol. The molecule has 0 bridgehead atoms. The Hall–Kier alpha value is -0.840. The van der Waals surface area contributed by atoms with E-state index in [-0.39, 0.29) is 0 Å². The van der Waals surface area contributed by atoms with Crippen molar-refractivity contribution in [3.05, 3.63) is 33.9 Å². The number of fused-ring (bicyclic) bond motifs is 1. The van der Waals surface area contributed by atoms with Crippen LogP contribution in [0.4, 0.5) is 0 Å². The highest BCUT2D eigenvalue weighted by Crippen LogP contribution is 2.22. The summed E-state index contributed by atoms with van der Waals surface area (Å²) >= 11 is 2.22. The minimum Gasteiger partial charge on any atom is -0.480 e. The first kappa shape index (κ1) is 8.74. The number of hydrogen-bond donors (Lipinski definition) is 0. The summed E-state index contributed by atoms with van der Waals surface area (Å²) in [7, 11) is 1.64. The van der Waals surface area contributed by atoms with Gasteiger partial charge in [0.2, 0.25) is 5.88 Å². The van der Waals surface area contributed by atoms with Gasteiger partial charge in [-0.2, -0.15) is 0 Å². The number of halogens is 1. The van der Waals surface area contributed by atoms with Crippen molar-refractivity contribution in [3.63, 3.8) is 0 Å². The lowest BCUT2D eigenvalue weighted by Gasteiger charge is -2.03. The van der Waals surface area contributed by atoms with E-state index >= 15 is 0 Å². The highest BCUT2D eigenvalue weighted by Gasteiger charge is 2.02. The normalized spacial score (nSPS) is 10.3. The molecule has 0 fully saturated rings. The number of methoxy groups -OCH3 is 1. The second kappa shape index (κ2) is 3.49. The minimum absolute atomic E-state index is 0.694. The summed E-state index contributed by atoms with van der Waals surface area (Å²) in [6.45, 7) is 0. The Kier molecular flexibility index (Phi) is 2.35. The zero-order valence-electron chi connectivity index (χ0n) is 7.12. The molecule has 2 rings (SSSR count). The van der Waals surface area contributed by atoms with Crippen LogP contribution in [0.3, 0.4) is 0 Å². The molecule has 66 valence electrons. The number of rotatable bonds is 1. The number of hydrogen-bond acceptors (Lipinski definition) is 2. The van der Waals surface area contributed by atoms with E-state index in [1.165, 1.54) is 0 Å². The summed E-state index contributed by atoms with van der Waals surface area (Å²) in [4.78, 5) is 4.36. The molecule has 0 atom stereocenters. The molecule has 13 heavy (non-hydrogen) atoms. The van der Waals surface area contributed by atoms with Gasteiger partial charge in [-0.1, -0.05) is 18.2 Å². The number of ether oxygens (including phenoxy) is 1. The van der Waals surface area contributed by atoms with Crippen LogP contribution in [0, 0.1) is 3.57 Å². The van der Waals surface area contributed by atoms with Crippen molar-refractivity contribution in [1.82, 2.24) is 4.98 Å². The van der Waals surface area contributed by atoms with Gasteiger partial charge in [-0.05, 0) is 34.7 Å². The summed E-state index contributed by atoms with van der Waals surface area (Å²) < 4.78 is 6.18. The molecule has 0 spiro atoms. The Morgan fingerprint density at radius 2 is 2.08 bits per heavy atom. The first-order chi connectivity index (χ1) is 6.31. The van der Waals surface area contributed by atoms with Crippen molar-refractivity contribution >= 4 is 33.5 Å². The molecule has 0 amide bonds. The van der Waals surface area contributed by atoms with E-state index in [4.69, 9.17) is 4.74 Å². The fourth-order valence-corrected chi connectivity index (χ4v) is 1.89. The minimum atomic E-state index is 0.694. The second-order valence-electron chi connectivity index (χ2n) is 2.67. The molecule has 1 aromatic carbocycles. The van der Waals surface area contributed by atoms with Gasteiger partial charge in [0.15, 0.2) is 0 Å². The molecule has 0 aliphatic heterocycles. The van der Waals surface area contributed by atoms with Crippen LogP contribution >= 0.6 is 22.6 Å². The van der Waals surface area contributed by atoms with Gasteiger partial charge in [-0.15, -0.1) is 0 Å². The van der Waals surface area contributed by atoms with Crippen LogP contribution in [0.15, 0.2) is 30.3 Å². The molecular formula is C10H8INO. The van der Waals surface area contributed by atoms with Crippen LogP contribution in [0.1, 0.15) is 0 Å². The molecule has 1 aromatic heterocycles. The first-order valence-electron chi connectivity index (χ1n) is 3.90. The second-order valence-corrected chi connectivity index (χ2v) is 3.83. The molecule has 0 aliphatic rings. The maximum atomic E-state index is 5.13. The summed E-state index contributed by atoms with van der Waals surface area (Å²) in [5.41, 5.74) is 0.972. The van der Waals surface area contributed by atoms with Gasteiger partial charge in [0, 0.05) is 5.39 Å². The Bertz CT molecular complexity index is 442. The number of benzene rings is 1. The van der Waals surface area contributed by atoms with Crippen LogP contribution in [-0.2, 0) is 0 Å². The average molecular weight is 285 g/mol. The predicted molar refractivity (Wildman–Crippen MR) is 61.0 cm³/mol. The summed E-state index contributed by atoms with van der Waals surface area (Å²) in [5.74, 6) is 0.694. The molecule has 2 nitrogen and oxygen atoms in total. The Balaban J connectivity index is 2.74. The topological polar surface area (TPSA) is 22.1 Å². The largest absolute Gasteiger partial charge is 0.480 e. The third kappa shape index (κ3) is 1.60. The van der Waals surface area contributed by atoms with Crippen LogP contribution in [-0.4, -0.2) is 12.1 Å². The lowest BCUT2D eigenvalue weighted by atomic mass is 10.2. The average Bonchev–Trinajstić information content (AvgIpc) is 2.17. The van der Waals surface area contributed by atoms with Crippen molar-refractivity contribution in [2.75, 3.05) is 7.11 Å². The SMILES string of the molecule is COc1nc2ccccc2cc1I. The van der Waals surface area contributed by atoms with Gasteiger partial charge >= 0.3 is 0 Å². The molecule has 2 aromatic rings. The third-order valence-corrected chi connectivity index (χ3v) is 2.61. The summed E-state index contributed by atoms with van der Waals surface area (Å²) in [5, 5.41) is 1.15. The van der Waals surface area contributed by atoms with Crippen LogP contribution < -0.4 is 4.74 Å². The number of nitrogens with zero attached hydrogens (tertiary/aromatic N) is 1.